The van der Waals surface area contributed by atoms with Gasteiger partial charge in [0.25, 0.3) is 0 Å². The van der Waals surface area contributed by atoms with Gasteiger partial charge in [-0.15, -0.1) is 0 Å². The molecule has 0 aliphatic carbocycles. The molecule has 0 fully saturated rings. The van der Waals surface area contributed by atoms with Gasteiger partial charge >= 0.3 is 5.97 Å². The summed E-state index contributed by atoms with van der Waals surface area (Å²) >= 11 is 0. The predicted molar refractivity (Wildman–Crippen MR) is 101 cm³/mol. The van der Waals surface area contributed by atoms with E-state index >= 15 is 0 Å². The number of hydrogen-bond donors (Lipinski definition) is 0. The molecule has 142 valence electrons. The SMILES string of the molecule is CCOC(=O)CC(Cc1ccc(OC(C)F)c2ncccc12)C(C)(C)C. The molecule has 5 heteroatoms. The first-order chi connectivity index (χ1) is 12.2. The van der Waals surface area contributed by atoms with E-state index in [9.17, 15) is 9.18 Å². The zero-order valence-electron chi connectivity index (χ0n) is 16.2. The van der Waals surface area contributed by atoms with Crippen molar-refractivity contribution in [2.75, 3.05) is 6.61 Å². The Bertz CT molecular complexity index is 752. The second kappa shape index (κ2) is 8.47. The fourth-order valence-electron chi connectivity index (χ4n) is 3.02. The van der Waals surface area contributed by atoms with E-state index in [2.05, 4.69) is 25.8 Å². The molecule has 2 atom stereocenters. The van der Waals surface area contributed by atoms with Crippen molar-refractivity contribution in [1.82, 2.24) is 4.98 Å². The van der Waals surface area contributed by atoms with Gasteiger partial charge in [-0.05, 0) is 42.4 Å². The normalized spacial score (nSPS) is 14.1. The summed E-state index contributed by atoms with van der Waals surface area (Å²) in [5.41, 5.74) is 1.64. The molecule has 2 unspecified atom stereocenters. The van der Waals surface area contributed by atoms with E-state index < -0.39 is 6.36 Å². The molecule has 1 aromatic carbocycles. The van der Waals surface area contributed by atoms with Crippen LogP contribution in [0.15, 0.2) is 30.5 Å². The summed E-state index contributed by atoms with van der Waals surface area (Å²) < 4.78 is 23.7. The number of rotatable bonds is 7. The highest BCUT2D eigenvalue weighted by Crippen LogP contribution is 2.35. The van der Waals surface area contributed by atoms with Gasteiger partial charge < -0.3 is 9.47 Å². The van der Waals surface area contributed by atoms with Crippen LogP contribution in [0.5, 0.6) is 5.75 Å². The topological polar surface area (TPSA) is 48.4 Å². The number of esters is 1. The Morgan fingerprint density at radius 2 is 2.00 bits per heavy atom. The molecule has 0 bridgehead atoms. The van der Waals surface area contributed by atoms with Crippen LogP contribution in [0.3, 0.4) is 0 Å². The first-order valence-electron chi connectivity index (χ1n) is 9.05. The molecule has 2 rings (SSSR count). The Balaban J connectivity index is 2.37. The van der Waals surface area contributed by atoms with Gasteiger partial charge in [-0.1, -0.05) is 32.9 Å². The fourth-order valence-corrected chi connectivity index (χ4v) is 3.02. The minimum absolute atomic E-state index is 0.0656. The molecule has 0 saturated heterocycles. The summed E-state index contributed by atoms with van der Waals surface area (Å²) in [6.45, 7) is 9.92. The van der Waals surface area contributed by atoms with Crippen molar-refractivity contribution in [3.63, 3.8) is 0 Å². The summed E-state index contributed by atoms with van der Waals surface area (Å²) in [4.78, 5) is 16.4. The van der Waals surface area contributed by atoms with Crippen molar-refractivity contribution < 1.29 is 18.7 Å². The number of carbonyl (C=O) groups excluding carboxylic acids is 1. The Kier molecular flexibility index (Phi) is 6.57. The van der Waals surface area contributed by atoms with Crippen molar-refractivity contribution in [3.05, 3.63) is 36.0 Å². The highest BCUT2D eigenvalue weighted by atomic mass is 19.1. The molecule has 1 aromatic heterocycles. The fraction of sp³-hybridized carbons (Fsp3) is 0.524. The lowest BCUT2D eigenvalue weighted by atomic mass is 9.75. The zero-order valence-corrected chi connectivity index (χ0v) is 16.2. The minimum atomic E-state index is -1.41. The molecule has 26 heavy (non-hydrogen) atoms. The quantitative estimate of drug-likeness (QED) is 0.645. The molecule has 0 N–H and O–H groups in total. The average Bonchev–Trinajstić information content (AvgIpc) is 2.55. The number of ether oxygens (including phenoxy) is 2. The van der Waals surface area contributed by atoms with Gasteiger partial charge in [-0.3, -0.25) is 9.78 Å². The second-order valence-corrected chi connectivity index (χ2v) is 7.56. The number of carbonyl (C=O) groups is 1. The number of aromatic nitrogens is 1. The third kappa shape index (κ3) is 5.16. The van der Waals surface area contributed by atoms with Crippen molar-refractivity contribution in [1.29, 1.82) is 0 Å². The Hall–Kier alpha value is -2.17. The maximum absolute atomic E-state index is 13.3. The number of alkyl halides is 1. The number of benzene rings is 1. The molecule has 0 radical (unpaired) electrons. The summed E-state index contributed by atoms with van der Waals surface area (Å²) in [6.07, 6.45) is 1.33. The number of hydrogen-bond acceptors (Lipinski definition) is 4. The number of halogens is 1. The van der Waals surface area contributed by atoms with Crippen LogP contribution in [0.1, 0.15) is 46.6 Å². The Morgan fingerprint density at radius 3 is 2.62 bits per heavy atom. The molecule has 0 aliphatic heterocycles. The van der Waals surface area contributed by atoms with Crippen molar-refractivity contribution in [2.24, 2.45) is 11.3 Å². The van der Waals surface area contributed by atoms with Crippen LogP contribution in [0.2, 0.25) is 0 Å². The molecular weight excluding hydrogens is 333 g/mol. The largest absolute Gasteiger partial charge is 0.466 e. The zero-order chi connectivity index (χ0) is 19.3. The Labute approximate surface area is 154 Å². The molecule has 0 spiro atoms. The van der Waals surface area contributed by atoms with E-state index in [0.29, 0.717) is 30.7 Å². The van der Waals surface area contributed by atoms with Crippen LogP contribution < -0.4 is 4.74 Å². The van der Waals surface area contributed by atoms with Crippen LogP contribution in [-0.2, 0) is 16.0 Å². The highest BCUT2D eigenvalue weighted by Gasteiger charge is 2.28. The van der Waals surface area contributed by atoms with E-state index in [1.807, 2.05) is 25.1 Å². The molecule has 4 nitrogen and oxygen atoms in total. The Morgan fingerprint density at radius 1 is 1.27 bits per heavy atom. The molecule has 0 saturated carbocycles. The van der Waals surface area contributed by atoms with E-state index in [-0.39, 0.29) is 17.3 Å². The first-order valence-corrected chi connectivity index (χ1v) is 9.05. The lowest BCUT2D eigenvalue weighted by Gasteiger charge is -2.30. The number of nitrogens with zero attached hydrogens (tertiary/aromatic N) is 1. The predicted octanol–water partition coefficient (Wildman–Crippen LogP) is 5.09. The number of fused-ring (bicyclic) bond motifs is 1. The van der Waals surface area contributed by atoms with Crippen LogP contribution >= 0.6 is 0 Å². The summed E-state index contributed by atoms with van der Waals surface area (Å²) in [7, 11) is 0. The van der Waals surface area contributed by atoms with Crippen LogP contribution in [0.4, 0.5) is 4.39 Å². The number of pyridine rings is 1. The maximum Gasteiger partial charge on any atom is 0.306 e. The van der Waals surface area contributed by atoms with Gasteiger partial charge in [-0.2, -0.15) is 0 Å². The van der Waals surface area contributed by atoms with Crippen molar-refractivity contribution in [2.45, 2.75) is 53.8 Å². The van der Waals surface area contributed by atoms with Gasteiger partial charge in [0.1, 0.15) is 11.3 Å². The molecule has 0 aliphatic rings. The van der Waals surface area contributed by atoms with E-state index in [4.69, 9.17) is 9.47 Å². The molecule has 2 aromatic rings. The molecular formula is C21H28FNO3. The van der Waals surface area contributed by atoms with Crippen LogP contribution in [-0.4, -0.2) is 23.9 Å². The van der Waals surface area contributed by atoms with Crippen LogP contribution in [0, 0.1) is 11.3 Å². The van der Waals surface area contributed by atoms with E-state index in [0.717, 1.165) is 10.9 Å². The van der Waals surface area contributed by atoms with Gasteiger partial charge in [0, 0.05) is 24.9 Å². The lowest BCUT2D eigenvalue weighted by molar-refractivity contribution is -0.145. The van der Waals surface area contributed by atoms with Gasteiger partial charge in [0.05, 0.1) is 6.61 Å². The van der Waals surface area contributed by atoms with Crippen molar-refractivity contribution in [3.8, 4) is 5.75 Å². The highest BCUT2D eigenvalue weighted by molar-refractivity contribution is 5.87. The second-order valence-electron chi connectivity index (χ2n) is 7.56. The minimum Gasteiger partial charge on any atom is -0.466 e. The van der Waals surface area contributed by atoms with Crippen LogP contribution in [0.25, 0.3) is 10.9 Å². The summed E-state index contributed by atoms with van der Waals surface area (Å²) in [5, 5.41) is 0.920. The van der Waals surface area contributed by atoms with Crippen molar-refractivity contribution >= 4 is 16.9 Å². The first kappa shape index (κ1) is 20.1. The van der Waals surface area contributed by atoms with E-state index in [1.54, 1.807) is 12.3 Å². The third-order valence-electron chi connectivity index (χ3n) is 4.52. The molecule has 0 amide bonds. The van der Waals surface area contributed by atoms with Gasteiger partial charge in [0.15, 0.2) is 0 Å². The maximum atomic E-state index is 13.3. The van der Waals surface area contributed by atoms with Gasteiger partial charge in [0.2, 0.25) is 6.36 Å². The monoisotopic (exact) mass is 361 g/mol. The molecule has 1 heterocycles. The summed E-state index contributed by atoms with van der Waals surface area (Å²) in [6, 6.07) is 7.50. The van der Waals surface area contributed by atoms with Gasteiger partial charge in [-0.25, -0.2) is 4.39 Å². The smallest absolute Gasteiger partial charge is 0.306 e. The third-order valence-corrected chi connectivity index (χ3v) is 4.52. The average molecular weight is 361 g/mol. The lowest BCUT2D eigenvalue weighted by Crippen LogP contribution is -2.26. The standard InChI is InChI=1S/C21H28FNO3/c1-6-25-19(24)13-16(21(3,4)5)12-15-9-10-18(26-14(2)22)20-17(15)8-7-11-23-20/h7-11,14,16H,6,12-13H2,1-5H3. The summed E-state index contributed by atoms with van der Waals surface area (Å²) in [5.74, 6) is 0.356. The van der Waals surface area contributed by atoms with E-state index in [1.165, 1.54) is 6.92 Å².